The SMILES string of the molecule is O=c1c2c(oc3cc(O)cc(O)c13)-c1ccc(OC3OC(CO)C(O)C(O)C3O)c(O)c1CO2. The highest BCUT2D eigenvalue weighted by Crippen LogP contribution is 2.45. The van der Waals surface area contributed by atoms with Gasteiger partial charge in [0.2, 0.25) is 17.5 Å². The van der Waals surface area contributed by atoms with Crippen molar-refractivity contribution in [3.05, 3.63) is 40.1 Å². The van der Waals surface area contributed by atoms with Gasteiger partial charge in [-0.15, -0.1) is 0 Å². The lowest BCUT2D eigenvalue weighted by atomic mass is 9.98. The molecule has 3 aromatic rings. The van der Waals surface area contributed by atoms with Crippen LogP contribution in [0.2, 0.25) is 0 Å². The highest BCUT2D eigenvalue weighted by molar-refractivity contribution is 5.89. The molecule has 34 heavy (non-hydrogen) atoms. The van der Waals surface area contributed by atoms with Crippen molar-refractivity contribution < 1.29 is 54.4 Å². The summed E-state index contributed by atoms with van der Waals surface area (Å²) in [5.41, 5.74) is -0.317. The molecule has 0 amide bonds. The van der Waals surface area contributed by atoms with E-state index in [-0.39, 0.29) is 51.7 Å². The van der Waals surface area contributed by atoms with Crippen LogP contribution in [0.15, 0.2) is 33.5 Å². The number of phenols is 3. The Hall–Kier alpha value is -3.55. The van der Waals surface area contributed by atoms with Crippen LogP contribution in [0.5, 0.6) is 28.7 Å². The quantitative estimate of drug-likeness (QED) is 0.260. The molecule has 5 atom stereocenters. The molecule has 1 fully saturated rings. The molecule has 0 saturated carbocycles. The summed E-state index contributed by atoms with van der Waals surface area (Å²) in [5, 5.41) is 69.7. The number of aliphatic hydroxyl groups is 4. The molecule has 2 aromatic carbocycles. The molecule has 7 N–H and O–H groups in total. The molecule has 3 heterocycles. The van der Waals surface area contributed by atoms with Crippen LogP contribution in [-0.4, -0.2) is 73.1 Å². The average Bonchev–Trinajstić information content (AvgIpc) is 2.80. The fourth-order valence-corrected chi connectivity index (χ4v) is 4.08. The summed E-state index contributed by atoms with van der Waals surface area (Å²) in [5.74, 6) is -1.64. The van der Waals surface area contributed by atoms with Gasteiger partial charge in [0.25, 0.3) is 0 Å². The topological polar surface area (TPSA) is 200 Å². The molecule has 0 aliphatic carbocycles. The van der Waals surface area contributed by atoms with Gasteiger partial charge in [-0.05, 0) is 12.1 Å². The lowest BCUT2D eigenvalue weighted by molar-refractivity contribution is -0.277. The molecular formula is C22H20O12. The van der Waals surface area contributed by atoms with Crippen LogP contribution in [0.25, 0.3) is 22.3 Å². The number of benzene rings is 2. The Balaban J connectivity index is 1.54. The third-order valence-corrected chi connectivity index (χ3v) is 5.86. The maximum absolute atomic E-state index is 12.9. The molecule has 0 bridgehead atoms. The fraction of sp³-hybridized carbons (Fsp3) is 0.318. The highest BCUT2D eigenvalue weighted by atomic mass is 16.7. The standard InChI is InChI=1S/C22H20O12/c23-5-13-16(27)18(29)19(30)22(34-13)33-11-2-1-8-9(15(11)26)6-31-21-17(28)14-10(25)3-7(24)4-12(14)32-20(8)21/h1-4,13,16,18-19,22-27,29-30H,5-6H2. The van der Waals surface area contributed by atoms with E-state index in [0.29, 0.717) is 0 Å². The summed E-state index contributed by atoms with van der Waals surface area (Å²) in [6, 6.07) is 4.90. The molecule has 180 valence electrons. The first-order valence-electron chi connectivity index (χ1n) is 10.2. The van der Waals surface area contributed by atoms with Crippen molar-refractivity contribution in [2.75, 3.05) is 6.61 Å². The maximum Gasteiger partial charge on any atom is 0.239 e. The van der Waals surface area contributed by atoms with E-state index in [4.69, 9.17) is 18.6 Å². The first kappa shape index (κ1) is 22.3. The van der Waals surface area contributed by atoms with Crippen LogP contribution in [0.3, 0.4) is 0 Å². The predicted molar refractivity (Wildman–Crippen MR) is 112 cm³/mol. The first-order valence-corrected chi connectivity index (χ1v) is 10.2. The van der Waals surface area contributed by atoms with Crippen molar-refractivity contribution in [2.24, 2.45) is 0 Å². The molecule has 2 aliphatic heterocycles. The van der Waals surface area contributed by atoms with Gasteiger partial charge < -0.3 is 54.4 Å². The molecule has 5 unspecified atom stereocenters. The number of hydrogen-bond donors (Lipinski definition) is 7. The number of rotatable bonds is 3. The Morgan fingerprint density at radius 3 is 2.53 bits per heavy atom. The largest absolute Gasteiger partial charge is 0.508 e. The first-order chi connectivity index (χ1) is 16.2. The van der Waals surface area contributed by atoms with Crippen LogP contribution in [0.1, 0.15) is 5.56 Å². The molecule has 0 radical (unpaired) electrons. The van der Waals surface area contributed by atoms with Crippen molar-refractivity contribution in [1.29, 1.82) is 0 Å². The zero-order valence-corrected chi connectivity index (χ0v) is 17.3. The Morgan fingerprint density at radius 1 is 1.03 bits per heavy atom. The summed E-state index contributed by atoms with van der Waals surface area (Å²) < 4.78 is 22.0. The minimum Gasteiger partial charge on any atom is -0.508 e. The van der Waals surface area contributed by atoms with E-state index in [1.165, 1.54) is 12.1 Å². The Morgan fingerprint density at radius 2 is 1.79 bits per heavy atom. The van der Waals surface area contributed by atoms with Crippen LogP contribution >= 0.6 is 0 Å². The van der Waals surface area contributed by atoms with Gasteiger partial charge in [0.05, 0.1) is 6.61 Å². The molecule has 5 rings (SSSR count). The van der Waals surface area contributed by atoms with Gasteiger partial charge in [0.15, 0.2) is 17.3 Å². The van der Waals surface area contributed by atoms with Gasteiger partial charge in [-0.3, -0.25) is 4.79 Å². The van der Waals surface area contributed by atoms with Crippen LogP contribution in [0.4, 0.5) is 0 Å². The normalized spacial score (nSPS) is 25.9. The van der Waals surface area contributed by atoms with Crippen molar-refractivity contribution in [2.45, 2.75) is 37.3 Å². The number of phenolic OH excluding ortho intramolecular Hbond substituents is 3. The minimum atomic E-state index is -1.69. The van der Waals surface area contributed by atoms with Crippen molar-refractivity contribution in [3.8, 4) is 40.1 Å². The molecule has 12 nitrogen and oxygen atoms in total. The van der Waals surface area contributed by atoms with Crippen molar-refractivity contribution in [1.82, 2.24) is 0 Å². The van der Waals surface area contributed by atoms with E-state index in [0.717, 1.165) is 12.1 Å². The van der Waals surface area contributed by atoms with Gasteiger partial charge in [-0.2, -0.15) is 0 Å². The third-order valence-electron chi connectivity index (χ3n) is 5.86. The van der Waals surface area contributed by atoms with Crippen LogP contribution < -0.4 is 14.9 Å². The third kappa shape index (κ3) is 3.31. The summed E-state index contributed by atoms with van der Waals surface area (Å²) in [6.45, 7) is -0.918. The van der Waals surface area contributed by atoms with E-state index in [1.807, 2.05) is 0 Å². The van der Waals surface area contributed by atoms with E-state index >= 15 is 0 Å². The second-order valence-electron chi connectivity index (χ2n) is 7.97. The molecular weight excluding hydrogens is 456 g/mol. The Kier molecular flexibility index (Phi) is 5.26. The molecule has 12 heteroatoms. The molecule has 0 spiro atoms. The minimum absolute atomic E-state index is 0.0431. The monoisotopic (exact) mass is 476 g/mol. The van der Waals surface area contributed by atoms with Crippen molar-refractivity contribution in [3.63, 3.8) is 0 Å². The number of ether oxygens (including phenoxy) is 3. The Labute approximate surface area is 190 Å². The molecule has 2 aliphatic rings. The van der Waals surface area contributed by atoms with Gasteiger partial charge >= 0.3 is 0 Å². The molecule has 1 aromatic heterocycles. The van der Waals surface area contributed by atoms with E-state index in [9.17, 15) is 40.5 Å². The second kappa shape index (κ2) is 8.04. The number of fused-ring (bicyclic) bond motifs is 4. The van der Waals surface area contributed by atoms with Crippen LogP contribution in [-0.2, 0) is 11.3 Å². The van der Waals surface area contributed by atoms with E-state index in [1.54, 1.807) is 0 Å². The van der Waals surface area contributed by atoms with Gasteiger partial charge in [-0.25, -0.2) is 0 Å². The summed E-state index contributed by atoms with van der Waals surface area (Å²) in [7, 11) is 0. The summed E-state index contributed by atoms with van der Waals surface area (Å²) >= 11 is 0. The van der Waals surface area contributed by atoms with E-state index < -0.39 is 54.2 Å². The van der Waals surface area contributed by atoms with E-state index in [2.05, 4.69) is 0 Å². The van der Waals surface area contributed by atoms with Gasteiger partial charge in [-0.1, -0.05) is 0 Å². The lowest BCUT2D eigenvalue weighted by Crippen LogP contribution is -2.60. The number of aromatic hydroxyl groups is 3. The van der Waals surface area contributed by atoms with Gasteiger partial charge in [0.1, 0.15) is 53.5 Å². The smallest absolute Gasteiger partial charge is 0.239 e. The highest BCUT2D eigenvalue weighted by Gasteiger charge is 2.45. The summed E-state index contributed by atoms with van der Waals surface area (Å²) in [4.78, 5) is 12.9. The predicted octanol–water partition coefficient (Wildman–Crippen LogP) is -0.352. The van der Waals surface area contributed by atoms with Crippen molar-refractivity contribution >= 4 is 11.0 Å². The summed E-state index contributed by atoms with van der Waals surface area (Å²) in [6.07, 6.45) is -7.65. The second-order valence-corrected chi connectivity index (χ2v) is 7.97. The molecule has 1 saturated heterocycles. The lowest BCUT2D eigenvalue weighted by Gasteiger charge is -2.39. The van der Waals surface area contributed by atoms with Crippen LogP contribution in [0, 0.1) is 0 Å². The fourth-order valence-electron chi connectivity index (χ4n) is 4.08. The Bertz CT molecular complexity index is 1330. The number of hydrogen-bond acceptors (Lipinski definition) is 12. The zero-order chi connectivity index (χ0) is 24.3. The van der Waals surface area contributed by atoms with Gasteiger partial charge in [0, 0.05) is 23.3 Å². The maximum atomic E-state index is 12.9. The zero-order valence-electron chi connectivity index (χ0n) is 17.3. The average molecular weight is 476 g/mol. The number of aliphatic hydroxyl groups excluding tert-OH is 4.